The number of aromatic hydroxyl groups is 1. The molecule has 13 heavy (non-hydrogen) atoms. The third-order valence-electron chi connectivity index (χ3n) is 1.09. The van der Waals surface area contributed by atoms with Crippen LogP contribution in [0.4, 0.5) is 0 Å². The summed E-state index contributed by atoms with van der Waals surface area (Å²) >= 11 is 0.737. The second kappa shape index (κ2) is 3.99. The molecule has 0 amide bonds. The number of hydrogen-bond donors (Lipinski definition) is 1. The van der Waals surface area contributed by atoms with Crippen LogP contribution in [0.25, 0.3) is 0 Å². The molecule has 0 heterocycles. The van der Waals surface area contributed by atoms with E-state index in [2.05, 4.69) is 3.63 Å². The van der Waals surface area contributed by atoms with E-state index in [9.17, 15) is 8.42 Å². The zero-order valence-corrected chi connectivity index (χ0v) is 8.43. The molecule has 0 fully saturated rings. The van der Waals surface area contributed by atoms with Crippen LogP contribution in [0.5, 0.6) is 5.75 Å². The summed E-state index contributed by atoms with van der Waals surface area (Å²) in [6, 6.07) is 6.03. The van der Waals surface area contributed by atoms with Gasteiger partial charge in [-0.15, -0.1) is 0 Å². The lowest BCUT2D eigenvalue weighted by Crippen LogP contribution is -1.94. The van der Waals surface area contributed by atoms with E-state index < -0.39 is 10.1 Å². The summed E-state index contributed by atoms with van der Waals surface area (Å²) in [5.74, 6) is 0.128. The maximum atomic E-state index is 10.6. The van der Waals surface area contributed by atoms with Crippen molar-refractivity contribution in [2.24, 2.45) is 0 Å². The lowest BCUT2D eigenvalue weighted by atomic mass is 10.3. The van der Waals surface area contributed by atoms with Crippen molar-refractivity contribution >= 4 is 22.2 Å². The zero-order valence-electron chi connectivity index (χ0n) is 6.80. The molecule has 1 rings (SSSR count). The maximum Gasteiger partial charge on any atom is 0.275 e. The molecular weight excluding hydrogens is 212 g/mol. The number of rotatable bonds is 3. The van der Waals surface area contributed by atoms with Crippen molar-refractivity contribution in [1.29, 1.82) is 0 Å². The molecule has 0 aromatic heterocycles. The smallest absolute Gasteiger partial charge is 0.275 e. The Morgan fingerprint density at radius 1 is 1.31 bits per heavy atom. The van der Waals surface area contributed by atoms with Crippen molar-refractivity contribution in [3.8, 4) is 5.75 Å². The van der Waals surface area contributed by atoms with Gasteiger partial charge in [0.1, 0.15) is 5.75 Å². The van der Waals surface area contributed by atoms with E-state index in [1.165, 1.54) is 12.1 Å². The first-order valence-corrected chi connectivity index (χ1v) is 5.88. The second-order valence-corrected chi connectivity index (χ2v) is 4.94. The lowest BCUT2D eigenvalue weighted by Gasteiger charge is -1.98. The highest BCUT2D eigenvalue weighted by Crippen LogP contribution is 2.22. The van der Waals surface area contributed by atoms with Crippen molar-refractivity contribution in [3.05, 3.63) is 24.3 Å². The van der Waals surface area contributed by atoms with Crippen LogP contribution in [0, 0.1) is 0 Å². The van der Waals surface area contributed by atoms with Gasteiger partial charge in [-0.1, -0.05) is 0 Å². The van der Waals surface area contributed by atoms with Gasteiger partial charge in [0.2, 0.25) is 0 Å². The molecule has 6 heteroatoms. The third-order valence-corrected chi connectivity index (χ3v) is 2.82. The van der Waals surface area contributed by atoms with Crippen molar-refractivity contribution in [3.63, 3.8) is 0 Å². The molecule has 0 bridgehead atoms. The van der Waals surface area contributed by atoms with E-state index in [4.69, 9.17) is 5.11 Å². The van der Waals surface area contributed by atoms with Gasteiger partial charge in [-0.05, 0) is 24.3 Å². The molecule has 0 aliphatic carbocycles. The molecule has 0 saturated heterocycles. The topological polar surface area (TPSA) is 63.6 Å². The molecule has 1 N–H and O–H groups in total. The number of phenols is 1. The fourth-order valence-corrected chi connectivity index (χ4v) is 1.66. The van der Waals surface area contributed by atoms with E-state index in [1.54, 1.807) is 12.1 Å². The summed E-state index contributed by atoms with van der Waals surface area (Å²) in [6.07, 6.45) is 0.973. The quantitative estimate of drug-likeness (QED) is 0.779. The zero-order chi connectivity index (χ0) is 9.90. The molecule has 1 aromatic rings. The van der Waals surface area contributed by atoms with Gasteiger partial charge in [0, 0.05) is 16.9 Å². The van der Waals surface area contributed by atoms with Crippen LogP contribution in [0.15, 0.2) is 29.2 Å². The molecule has 0 aliphatic rings. The average molecular weight is 220 g/mol. The van der Waals surface area contributed by atoms with Crippen LogP contribution < -0.4 is 0 Å². The molecule has 0 spiro atoms. The van der Waals surface area contributed by atoms with Gasteiger partial charge in [-0.3, -0.25) is 0 Å². The minimum Gasteiger partial charge on any atom is -0.508 e. The third kappa shape index (κ3) is 4.16. The molecule has 1 aromatic carbocycles. The van der Waals surface area contributed by atoms with E-state index in [0.717, 1.165) is 18.3 Å². The second-order valence-electron chi connectivity index (χ2n) is 2.35. The standard InChI is InChI=1S/C7H8O4S2/c1-13(9,10)11-12-7-4-2-6(8)3-5-7/h2-5,8H,1H3. The Balaban J connectivity index is 2.61. The van der Waals surface area contributed by atoms with Gasteiger partial charge in [0.25, 0.3) is 10.1 Å². The normalized spacial score (nSPS) is 11.5. The molecule has 0 unspecified atom stereocenters. The monoisotopic (exact) mass is 220 g/mol. The SMILES string of the molecule is CS(=O)(=O)OSc1ccc(O)cc1. The highest BCUT2D eigenvalue weighted by Gasteiger charge is 2.03. The Hall–Kier alpha value is -0.720. The largest absolute Gasteiger partial charge is 0.508 e. The summed E-state index contributed by atoms with van der Waals surface area (Å²) < 4.78 is 25.6. The van der Waals surface area contributed by atoms with Gasteiger partial charge in [-0.2, -0.15) is 12.0 Å². The van der Waals surface area contributed by atoms with Crippen LogP contribution in [0.1, 0.15) is 0 Å². The van der Waals surface area contributed by atoms with Gasteiger partial charge >= 0.3 is 0 Å². The van der Waals surface area contributed by atoms with Gasteiger partial charge in [0.05, 0.1) is 6.26 Å². The first-order chi connectivity index (χ1) is 5.97. The lowest BCUT2D eigenvalue weighted by molar-refractivity contribution is 0.475. The summed E-state index contributed by atoms with van der Waals surface area (Å²) in [7, 11) is -3.43. The fourth-order valence-electron chi connectivity index (χ4n) is 0.603. The Bertz CT molecular complexity index is 368. The Morgan fingerprint density at radius 3 is 2.31 bits per heavy atom. The average Bonchev–Trinajstić information content (AvgIpc) is 2.02. The fraction of sp³-hybridized carbons (Fsp3) is 0.143. The Labute approximate surface area is 80.9 Å². The minimum atomic E-state index is -3.43. The first kappa shape index (κ1) is 10.4. The van der Waals surface area contributed by atoms with Crippen molar-refractivity contribution in [1.82, 2.24) is 0 Å². The maximum absolute atomic E-state index is 10.6. The summed E-state index contributed by atoms with van der Waals surface area (Å²) in [5.41, 5.74) is 0. The van der Waals surface area contributed by atoms with Crippen molar-refractivity contribution < 1.29 is 17.2 Å². The molecule has 0 saturated carbocycles. The number of benzene rings is 1. The van der Waals surface area contributed by atoms with Crippen molar-refractivity contribution in [2.75, 3.05) is 6.26 Å². The van der Waals surface area contributed by atoms with E-state index in [1.807, 2.05) is 0 Å². The van der Waals surface area contributed by atoms with E-state index in [0.29, 0.717) is 4.90 Å². The predicted molar refractivity (Wildman–Crippen MR) is 49.9 cm³/mol. The summed E-state index contributed by atoms with van der Waals surface area (Å²) in [6.45, 7) is 0. The van der Waals surface area contributed by atoms with Crippen molar-refractivity contribution in [2.45, 2.75) is 4.90 Å². The highest BCUT2D eigenvalue weighted by molar-refractivity contribution is 8.04. The van der Waals surface area contributed by atoms with Crippen LogP contribution in [0.2, 0.25) is 0 Å². The highest BCUT2D eigenvalue weighted by atomic mass is 32.3. The Kier molecular flexibility index (Phi) is 3.18. The van der Waals surface area contributed by atoms with Gasteiger partial charge in [0.15, 0.2) is 0 Å². The molecule has 4 nitrogen and oxygen atoms in total. The van der Waals surface area contributed by atoms with Crippen LogP contribution in [0.3, 0.4) is 0 Å². The molecular formula is C7H8O4S2. The summed E-state index contributed by atoms with van der Waals surface area (Å²) in [4.78, 5) is 0.614. The van der Waals surface area contributed by atoms with Crippen LogP contribution >= 0.6 is 12.0 Å². The molecule has 72 valence electrons. The van der Waals surface area contributed by atoms with Crippen LogP contribution in [-0.2, 0) is 13.7 Å². The molecule has 0 atom stereocenters. The van der Waals surface area contributed by atoms with Gasteiger partial charge < -0.3 is 5.11 Å². The molecule has 0 aliphatic heterocycles. The minimum absolute atomic E-state index is 0.128. The van der Waals surface area contributed by atoms with Crippen LogP contribution in [-0.4, -0.2) is 19.8 Å². The number of hydrogen-bond acceptors (Lipinski definition) is 5. The Morgan fingerprint density at radius 2 is 1.85 bits per heavy atom. The van der Waals surface area contributed by atoms with Gasteiger partial charge in [-0.25, -0.2) is 0 Å². The number of phenolic OH excluding ortho intramolecular Hbond substituents is 1. The summed E-state index contributed by atoms with van der Waals surface area (Å²) in [5, 5.41) is 8.92. The van der Waals surface area contributed by atoms with E-state index in [-0.39, 0.29) is 5.75 Å². The first-order valence-electron chi connectivity index (χ1n) is 3.32. The van der Waals surface area contributed by atoms with E-state index >= 15 is 0 Å². The molecule has 0 radical (unpaired) electrons. The predicted octanol–water partition coefficient (Wildman–Crippen LogP) is 1.38.